The van der Waals surface area contributed by atoms with E-state index in [9.17, 15) is 13.8 Å². The number of benzene rings is 2. The summed E-state index contributed by atoms with van der Waals surface area (Å²) in [7, 11) is -1.18. The summed E-state index contributed by atoms with van der Waals surface area (Å²) in [5.74, 6) is 5.46. The molecule has 1 atom stereocenters. The van der Waals surface area contributed by atoms with E-state index < -0.39 is 15.6 Å². The van der Waals surface area contributed by atoms with Crippen LogP contribution in [-0.2, 0) is 9.73 Å². The summed E-state index contributed by atoms with van der Waals surface area (Å²) in [6.45, 7) is 2.94. The van der Waals surface area contributed by atoms with Crippen molar-refractivity contribution in [2.75, 3.05) is 37.8 Å². The molecule has 0 radical (unpaired) electrons. The number of aliphatic hydroxyl groups excluding tert-OH is 1. The Morgan fingerprint density at radius 2 is 1.81 bits per heavy atom. The number of aryl methyl sites for hydroxylation is 1. The van der Waals surface area contributed by atoms with Crippen molar-refractivity contribution in [3.8, 4) is 11.8 Å². The number of furan rings is 1. The first-order valence-corrected chi connectivity index (χ1v) is 15.0. The van der Waals surface area contributed by atoms with Gasteiger partial charge in [-0.15, -0.1) is 0 Å². The monoisotopic (exact) mass is 584 g/mol. The van der Waals surface area contributed by atoms with Crippen molar-refractivity contribution in [3.63, 3.8) is 0 Å². The minimum atomic E-state index is -3.05. The first-order chi connectivity index (χ1) is 20.3. The SMILES string of the molecule is Cc1ccoc1C(=O)Nc1cccc(C#Cc2cncc(C(=O)N=S(=O)(CCCN(C)CCO)c3ccccc3)c2)c1. The average molecular weight is 585 g/mol. The number of aromatic nitrogens is 1. The molecule has 2 heterocycles. The van der Waals surface area contributed by atoms with Crippen molar-refractivity contribution in [2.45, 2.75) is 18.2 Å². The van der Waals surface area contributed by atoms with Crippen LogP contribution < -0.4 is 5.32 Å². The molecule has 0 saturated heterocycles. The maximum Gasteiger partial charge on any atom is 0.291 e. The van der Waals surface area contributed by atoms with Crippen LogP contribution in [0.15, 0.2) is 99.1 Å². The van der Waals surface area contributed by atoms with E-state index in [1.807, 2.05) is 18.0 Å². The molecule has 4 aromatic rings. The molecule has 0 aliphatic heterocycles. The van der Waals surface area contributed by atoms with Crippen LogP contribution in [0, 0.1) is 18.8 Å². The Morgan fingerprint density at radius 1 is 1.02 bits per heavy atom. The Balaban J connectivity index is 1.52. The molecule has 0 saturated carbocycles. The first kappa shape index (κ1) is 30.4. The van der Waals surface area contributed by atoms with Crippen molar-refractivity contribution in [2.24, 2.45) is 4.36 Å². The number of anilines is 1. The second kappa shape index (κ2) is 14.4. The molecule has 0 aliphatic carbocycles. The van der Waals surface area contributed by atoms with Crippen molar-refractivity contribution in [1.82, 2.24) is 9.88 Å². The van der Waals surface area contributed by atoms with Crippen LogP contribution in [0.25, 0.3) is 0 Å². The molecule has 0 spiro atoms. The lowest BCUT2D eigenvalue weighted by Gasteiger charge is -2.16. The predicted molar refractivity (Wildman–Crippen MR) is 162 cm³/mol. The molecule has 2 N–H and O–H groups in total. The van der Waals surface area contributed by atoms with Gasteiger partial charge in [-0.1, -0.05) is 36.1 Å². The van der Waals surface area contributed by atoms with Crippen LogP contribution in [-0.4, -0.2) is 63.5 Å². The van der Waals surface area contributed by atoms with E-state index in [-0.39, 0.29) is 29.6 Å². The fourth-order valence-corrected chi connectivity index (χ4v) is 5.99. The number of amides is 2. The molecule has 2 aromatic carbocycles. The zero-order valence-electron chi connectivity index (χ0n) is 23.4. The molecule has 0 fully saturated rings. The quantitative estimate of drug-likeness (QED) is 0.261. The lowest BCUT2D eigenvalue weighted by Crippen LogP contribution is -2.25. The molecular weight excluding hydrogens is 552 g/mol. The molecule has 42 heavy (non-hydrogen) atoms. The number of hydrogen-bond donors (Lipinski definition) is 2. The standard InChI is InChI=1S/C32H32N4O5S/c1-24-14-18-41-30(24)32(39)34-28-9-6-8-25(21-28)12-13-26-20-27(23-33-22-26)31(38)35-42(40,29-10-4-3-5-11-29)19-7-15-36(2)16-17-37/h3-6,8-11,14,18,20-23,37H,7,15-17,19H2,1-2H3,(H,34,39). The number of carbonyl (C=O) groups is 2. The molecule has 4 rings (SSSR count). The van der Waals surface area contributed by atoms with Gasteiger partial charge in [-0.3, -0.25) is 14.6 Å². The van der Waals surface area contributed by atoms with Crippen molar-refractivity contribution < 1.29 is 23.3 Å². The number of likely N-dealkylation sites (N-methyl/N-ethyl adjacent to an activating group) is 1. The summed E-state index contributed by atoms with van der Waals surface area (Å²) in [5, 5.41) is 11.9. The summed E-state index contributed by atoms with van der Waals surface area (Å²) >= 11 is 0. The third kappa shape index (κ3) is 8.24. The lowest BCUT2D eigenvalue weighted by molar-refractivity contribution is 0.0991. The normalized spacial score (nSPS) is 12.2. The molecule has 0 aliphatic rings. The van der Waals surface area contributed by atoms with Gasteiger partial charge in [0.15, 0.2) is 5.76 Å². The largest absolute Gasteiger partial charge is 0.459 e. The molecule has 216 valence electrons. The maximum atomic E-state index is 14.0. The molecule has 2 aromatic heterocycles. The summed E-state index contributed by atoms with van der Waals surface area (Å²) in [4.78, 5) is 32.2. The van der Waals surface area contributed by atoms with Gasteiger partial charge in [-0.05, 0) is 69.4 Å². The van der Waals surface area contributed by atoms with E-state index in [1.165, 1.54) is 18.7 Å². The molecule has 9 nitrogen and oxygen atoms in total. The van der Waals surface area contributed by atoms with E-state index in [4.69, 9.17) is 9.52 Å². The smallest absolute Gasteiger partial charge is 0.291 e. The van der Waals surface area contributed by atoms with Crippen LogP contribution in [0.2, 0.25) is 0 Å². The van der Waals surface area contributed by atoms with E-state index in [0.29, 0.717) is 41.2 Å². The van der Waals surface area contributed by atoms with Crippen molar-refractivity contribution in [3.05, 3.63) is 113 Å². The predicted octanol–water partition coefficient (Wildman–Crippen LogP) is 4.62. The van der Waals surface area contributed by atoms with E-state index in [1.54, 1.807) is 67.6 Å². The van der Waals surface area contributed by atoms with E-state index in [0.717, 1.165) is 5.56 Å². The Kier molecular flexibility index (Phi) is 10.4. The fraction of sp³-hybridized carbons (Fsp3) is 0.219. The summed E-state index contributed by atoms with van der Waals surface area (Å²) < 4.78 is 23.4. The van der Waals surface area contributed by atoms with Gasteiger partial charge >= 0.3 is 0 Å². The topological polar surface area (TPSA) is 125 Å². The highest BCUT2D eigenvalue weighted by Gasteiger charge is 2.17. The van der Waals surface area contributed by atoms with Gasteiger partial charge in [0.1, 0.15) is 0 Å². The van der Waals surface area contributed by atoms with Crippen LogP contribution in [0.5, 0.6) is 0 Å². The number of aliphatic hydroxyl groups is 1. The second-order valence-electron chi connectivity index (χ2n) is 9.61. The Labute approximate surface area is 245 Å². The summed E-state index contributed by atoms with van der Waals surface area (Å²) in [6.07, 6.45) is 4.90. The second-order valence-corrected chi connectivity index (χ2v) is 12.0. The average Bonchev–Trinajstić information content (AvgIpc) is 3.43. The first-order valence-electron chi connectivity index (χ1n) is 13.3. The summed E-state index contributed by atoms with van der Waals surface area (Å²) in [5.41, 5.74) is 2.60. The number of hydrogen-bond acceptors (Lipinski definition) is 7. The third-order valence-electron chi connectivity index (χ3n) is 6.31. The van der Waals surface area contributed by atoms with Crippen LogP contribution in [0.3, 0.4) is 0 Å². The number of nitrogens with one attached hydrogen (secondary N) is 1. The zero-order valence-corrected chi connectivity index (χ0v) is 24.3. The van der Waals surface area contributed by atoms with E-state index in [2.05, 4.69) is 26.5 Å². The van der Waals surface area contributed by atoms with Crippen molar-refractivity contribution in [1.29, 1.82) is 0 Å². The lowest BCUT2D eigenvalue weighted by atomic mass is 10.1. The van der Waals surface area contributed by atoms with Crippen molar-refractivity contribution >= 4 is 27.2 Å². The Hall–Kier alpha value is -4.56. The minimum absolute atomic E-state index is 0.0349. The Bertz CT molecular complexity index is 1730. The summed E-state index contributed by atoms with van der Waals surface area (Å²) in [6, 6.07) is 19.1. The van der Waals surface area contributed by atoms with Gasteiger partial charge in [0.2, 0.25) is 0 Å². The van der Waals surface area contributed by atoms with Gasteiger partial charge in [0.05, 0.1) is 28.2 Å². The zero-order chi connectivity index (χ0) is 30.0. The highest BCUT2D eigenvalue weighted by molar-refractivity contribution is 7.94. The minimum Gasteiger partial charge on any atom is -0.459 e. The third-order valence-corrected chi connectivity index (χ3v) is 8.62. The van der Waals surface area contributed by atoms with E-state index >= 15 is 0 Å². The Morgan fingerprint density at radius 3 is 2.55 bits per heavy atom. The molecule has 0 bridgehead atoms. The number of rotatable bonds is 10. The van der Waals surface area contributed by atoms with Gasteiger partial charge < -0.3 is 19.7 Å². The van der Waals surface area contributed by atoms with Crippen LogP contribution in [0.4, 0.5) is 5.69 Å². The van der Waals surface area contributed by atoms with Gasteiger partial charge in [0.25, 0.3) is 11.8 Å². The number of pyridine rings is 1. The maximum absolute atomic E-state index is 14.0. The molecular formula is C32H32N4O5S. The van der Waals surface area contributed by atoms with Gasteiger partial charge in [0, 0.05) is 52.0 Å². The fourth-order valence-electron chi connectivity index (χ4n) is 4.09. The van der Waals surface area contributed by atoms with Crippen LogP contribution in [0.1, 0.15) is 44.0 Å². The highest BCUT2D eigenvalue weighted by Crippen LogP contribution is 2.18. The number of nitrogens with zero attached hydrogens (tertiary/aromatic N) is 3. The molecule has 2 amide bonds. The van der Waals surface area contributed by atoms with Crippen LogP contribution >= 0.6 is 0 Å². The van der Waals surface area contributed by atoms with Gasteiger partial charge in [-0.2, -0.15) is 4.36 Å². The number of carbonyl (C=O) groups excluding carboxylic acids is 2. The highest BCUT2D eigenvalue weighted by atomic mass is 32.2. The van der Waals surface area contributed by atoms with Gasteiger partial charge in [-0.25, -0.2) is 4.21 Å². The molecule has 1 unspecified atom stereocenters. The molecule has 10 heteroatoms.